The Labute approximate surface area is 166 Å². The number of carbonyl (C=O) groups is 1. The van der Waals surface area contributed by atoms with Gasteiger partial charge in [-0.05, 0) is 42.7 Å². The van der Waals surface area contributed by atoms with Gasteiger partial charge in [0.05, 0.1) is 5.69 Å². The second-order valence-electron chi connectivity index (χ2n) is 7.24. The first-order valence-electron chi connectivity index (χ1n) is 9.69. The molecule has 146 valence electrons. The standard InChI is InChI=1S/C21H22FN3O2S/c22-15-10-8-14(9-11-15)18-13-28-21-23-12-17(20(27)25(18)21)19(26)24-16-6-4-2-1-3-5-7-16/h8-13,16H,1-7H2,(H,24,26). The number of halogens is 1. The Bertz CT molecular complexity index is 1030. The molecule has 1 amide bonds. The van der Waals surface area contributed by atoms with Gasteiger partial charge in [0.1, 0.15) is 11.4 Å². The van der Waals surface area contributed by atoms with Crippen molar-refractivity contribution in [1.29, 1.82) is 0 Å². The lowest BCUT2D eigenvalue weighted by Crippen LogP contribution is -2.38. The lowest BCUT2D eigenvalue weighted by atomic mass is 9.96. The van der Waals surface area contributed by atoms with E-state index < -0.39 is 5.56 Å². The first-order chi connectivity index (χ1) is 13.6. The molecule has 0 unspecified atom stereocenters. The number of carbonyl (C=O) groups excluding carboxylic acids is 1. The van der Waals surface area contributed by atoms with Crippen LogP contribution in [0.4, 0.5) is 4.39 Å². The fourth-order valence-electron chi connectivity index (χ4n) is 3.73. The van der Waals surface area contributed by atoms with E-state index in [9.17, 15) is 14.0 Å². The van der Waals surface area contributed by atoms with Gasteiger partial charge in [-0.3, -0.25) is 14.0 Å². The molecule has 0 aliphatic heterocycles. The van der Waals surface area contributed by atoms with Crippen LogP contribution in [0.2, 0.25) is 0 Å². The number of hydrogen-bond donors (Lipinski definition) is 1. The summed E-state index contributed by atoms with van der Waals surface area (Å²) in [5.41, 5.74) is 0.961. The van der Waals surface area contributed by atoms with Gasteiger partial charge in [-0.25, -0.2) is 9.37 Å². The third-order valence-electron chi connectivity index (χ3n) is 5.27. The minimum Gasteiger partial charge on any atom is -0.349 e. The zero-order chi connectivity index (χ0) is 19.5. The lowest BCUT2D eigenvalue weighted by Gasteiger charge is -2.20. The van der Waals surface area contributed by atoms with Gasteiger partial charge in [-0.15, -0.1) is 11.3 Å². The molecule has 1 aliphatic rings. The van der Waals surface area contributed by atoms with Gasteiger partial charge >= 0.3 is 0 Å². The van der Waals surface area contributed by atoms with Crippen LogP contribution in [-0.2, 0) is 0 Å². The van der Waals surface area contributed by atoms with Crippen molar-refractivity contribution in [3.63, 3.8) is 0 Å². The van der Waals surface area contributed by atoms with E-state index in [1.165, 1.54) is 53.3 Å². The Morgan fingerprint density at radius 1 is 1.11 bits per heavy atom. The molecule has 1 aliphatic carbocycles. The van der Waals surface area contributed by atoms with Crippen molar-refractivity contribution >= 4 is 22.2 Å². The van der Waals surface area contributed by atoms with Gasteiger partial charge in [0, 0.05) is 17.6 Å². The van der Waals surface area contributed by atoms with Crippen LogP contribution in [0.5, 0.6) is 0 Å². The van der Waals surface area contributed by atoms with Crippen molar-refractivity contribution in [3.8, 4) is 11.3 Å². The first-order valence-corrected chi connectivity index (χ1v) is 10.6. The summed E-state index contributed by atoms with van der Waals surface area (Å²) in [7, 11) is 0. The van der Waals surface area contributed by atoms with Crippen LogP contribution in [0.15, 0.2) is 40.6 Å². The average Bonchev–Trinajstić information content (AvgIpc) is 3.09. The van der Waals surface area contributed by atoms with Crippen LogP contribution in [0, 0.1) is 5.82 Å². The predicted octanol–water partition coefficient (Wildman–Crippen LogP) is 4.40. The molecule has 0 spiro atoms. The minimum absolute atomic E-state index is 0.0429. The zero-order valence-corrected chi connectivity index (χ0v) is 16.3. The van der Waals surface area contributed by atoms with Crippen LogP contribution in [0.3, 0.4) is 0 Å². The normalized spacial score (nSPS) is 15.9. The number of fused-ring (bicyclic) bond motifs is 1. The molecule has 2 aromatic heterocycles. The molecule has 1 saturated carbocycles. The van der Waals surface area contributed by atoms with Crippen molar-refractivity contribution in [1.82, 2.24) is 14.7 Å². The Kier molecular flexibility index (Phi) is 5.52. The van der Waals surface area contributed by atoms with Crippen LogP contribution in [0.25, 0.3) is 16.2 Å². The van der Waals surface area contributed by atoms with E-state index in [1.807, 2.05) is 0 Å². The second-order valence-corrected chi connectivity index (χ2v) is 8.07. The highest BCUT2D eigenvalue weighted by Crippen LogP contribution is 2.24. The Morgan fingerprint density at radius 3 is 2.50 bits per heavy atom. The topological polar surface area (TPSA) is 63.5 Å². The Hall–Kier alpha value is -2.54. The number of amides is 1. The van der Waals surface area contributed by atoms with Crippen molar-refractivity contribution in [2.45, 2.75) is 51.0 Å². The molecule has 5 nitrogen and oxygen atoms in total. The molecule has 0 saturated heterocycles. The van der Waals surface area contributed by atoms with Crippen molar-refractivity contribution in [2.75, 3.05) is 0 Å². The smallest absolute Gasteiger partial charge is 0.271 e. The van der Waals surface area contributed by atoms with E-state index in [-0.39, 0.29) is 23.3 Å². The number of hydrogen-bond acceptors (Lipinski definition) is 4. The molecular formula is C21H22FN3O2S. The summed E-state index contributed by atoms with van der Waals surface area (Å²) in [4.78, 5) is 30.6. The molecule has 7 heteroatoms. The van der Waals surface area contributed by atoms with Crippen LogP contribution in [0.1, 0.15) is 55.3 Å². The third kappa shape index (κ3) is 3.85. The molecule has 1 N–H and O–H groups in total. The number of nitrogens with one attached hydrogen (secondary N) is 1. The highest BCUT2D eigenvalue weighted by atomic mass is 32.1. The molecule has 0 bridgehead atoms. The Morgan fingerprint density at radius 2 is 1.79 bits per heavy atom. The van der Waals surface area contributed by atoms with Crippen LogP contribution >= 0.6 is 11.3 Å². The van der Waals surface area contributed by atoms with Crippen molar-refractivity contribution in [3.05, 3.63) is 57.6 Å². The number of aromatic nitrogens is 2. The zero-order valence-electron chi connectivity index (χ0n) is 15.5. The van der Waals surface area contributed by atoms with E-state index in [0.717, 1.165) is 25.7 Å². The maximum Gasteiger partial charge on any atom is 0.271 e. The van der Waals surface area contributed by atoms with E-state index in [4.69, 9.17) is 0 Å². The minimum atomic E-state index is -0.395. The maximum atomic E-state index is 13.2. The van der Waals surface area contributed by atoms with E-state index in [2.05, 4.69) is 10.3 Å². The number of benzene rings is 1. The largest absolute Gasteiger partial charge is 0.349 e. The van der Waals surface area contributed by atoms with E-state index in [0.29, 0.717) is 16.2 Å². The Balaban J connectivity index is 1.65. The van der Waals surface area contributed by atoms with Crippen molar-refractivity contribution in [2.24, 2.45) is 0 Å². The quantitative estimate of drug-likeness (QED) is 0.710. The number of nitrogens with zero attached hydrogens (tertiary/aromatic N) is 2. The monoisotopic (exact) mass is 399 g/mol. The van der Waals surface area contributed by atoms with Gasteiger partial charge in [0.25, 0.3) is 11.5 Å². The molecule has 1 fully saturated rings. The third-order valence-corrected chi connectivity index (χ3v) is 6.11. The molecule has 28 heavy (non-hydrogen) atoms. The number of thiazole rings is 1. The highest BCUT2D eigenvalue weighted by Gasteiger charge is 2.20. The SMILES string of the molecule is O=C(NC1CCCCCCC1)c1cnc2scc(-c3ccc(F)cc3)n2c1=O. The first kappa shape index (κ1) is 18.8. The van der Waals surface area contributed by atoms with E-state index >= 15 is 0 Å². The lowest BCUT2D eigenvalue weighted by molar-refractivity contribution is 0.0928. The maximum absolute atomic E-state index is 13.2. The number of rotatable bonds is 3. The van der Waals surface area contributed by atoms with Crippen LogP contribution in [-0.4, -0.2) is 21.3 Å². The summed E-state index contributed by atoms with van der Waals surface area (Å²) in [5.74, 6) is -0.707. The molecule has 2 heterocycles. The van der Waals surface area contributed by atoms with Gasteiger partial charge in [-0.2, -0.15) is 0 Å². The van der Waals surface area contributed by atoms with Crippen LogP contribution < -0.4 is 10.9 Å². The predicted molar refractivity (Wildman–Crippen MR) is 108 cm³/mol. The van der Waals surface area contributed by atoms with Gasteiger partial charge < -0.3 is 5.32 Å². The van der Waals surface area contributed by atoms with E-state index in [1.54, 1.807) is 17.5 Å². The molecule has 0 radical (unpaired) electrons. The summed E-state index contributed by atoms with van der Waals surface area (Å²) in [6.45, 7) is 0. The molecule has 3 aromatic rings. The summed E-state index contributed by atoms with van der Waals surface area (Å²) >= 11 is 1.31. The van der Waals surface area contributed by atoms with Crippen molar-refractivity contribution < 1.29 is 9.18 Å². The fraction of sp³-hybridized carbons (Fsp3) is 0.381. The average molecular weight is 399 g/mol. The summed E-state index contributed by atoms with van der Waals surface area (Å²) in [5, 5.41) is 4.83. The summed E-state index contributed by atoms with van der Waals surface area (Å²) in [6.07, 6.45) is 9.09. The van der Waals surface area contributed by atoms with Gasteiger partial charge in [-0.1, -0.05) is 32.1 Å². The fourth-order valence-corrected chi connectivity index (χ4v) is 4.59. The molecule has 4 rings (SSSR count). The molecule has 0 atom stereocenters. The molecular weight excluding hydrogens is 377 g/mol. The summed E-state index contributed by atoms with van der Waals surface area (Å²) in [6, 6.07) is 6.03. The second kappa shape index (κ2) is 8.22. The highest BCUT2D eigenvalue weighted by molar-refractivity contribution is 7.15. The van der Waals surface area contributed by atoms with Gasteiger partial charge in [0.15, 0.2) is 4.96 Å². The van der Waals surface area contributed by atoms with Gasteiger partial charge in [0.2, 0.25) is 0 Å². The summed E-state index contributed by atoms with van der Waals surface area (Å²) < 4.78 is 14.7. The molecule has 1 aromatic carbocycles.